The van der Waals surface area contributed by atoms with Crippen LogP contribution in [0.2, 0.25) is 0 Å². The van der Waals surface area contributed by atoms with Crippen molar-refractivity contribution in [1.29, 1.82) is 0 Å². The molecule has 1 fully saturated rings. The van der Waals surface area contributed by atoms with Crippen molar-refractivity contribution in [2.24, 2.45) is 0 Å². The Morgan fingerprint density at radius 1 is 1.25 bits per heavy atom. The van der Waals surface area contributed by atoms with Crippen LogP contribution < -0.4 is 10.1 Å². The summed E-state index contributed by atoms with van der Waals surface area (Å²) < 4.78 is 28.3. The molecule has 0 unspecified atom stereocenters. The van der Waals surface area contributed by atoms with Crippen LogP contribution in [-0.4, -0.2) is 58.3 Å². The van der Waals surface area contributed by atoms with E-state index in [1.807, 2.05) is 11.9 Å². The second-order valence-corrected chi connectivity index (χ2v) is 8.16. The summed E-state index contributed by atoms with van der Waals surface area (Å²) in [4.78, 5) is 14.3. The zero-order chi connectivity index (χ0) is 17.6. The van der Waals surface area contributed by atoms with Crippen molar-refractivity contribution in [1.82, 2.24) is 10.2 Å². The Labute approximate surface area is 144 Å². The summed E-state index contributed by atoms with van der Waals surface area (Å²) in [7, 11) is -1.22. The van der Waals surface area contributed by atoms with Crippen molar-refractivity contribution >= 4 is 15.7 Å². The topological polar surface area (TPSA) is 75.7 Å². The molecule has 1 aliphatic rings. The Balaban J connectivity index is 1.68. The maximum Gasteiger partial charge on any atom is 0.222 e. The number of nitrogens with zero attached hydrogens (tertiary/aromatic N) is 1. The number of carbonyl (C=O) groups excluding carboxylic acids is 1. The first kappa shape index (κ1) is 18.7. The Kier molecular flexibility index (Phi) is 6.62. The molecular weight excluding hydrogens is 328 g/mol. The van der Waals surface area contributed by atoms with Crippen molar-refractivity contribution in [2.45, 2.75) is 36.6 Å². The molecule has 0 atom stereocenters. The zero-order valence-electron chi connectivity index (χ0n) is 14.3. The van der Waals surface area contributed by atoms with Crippen LogP contribution in [-0.2, 0) is 14.6 Å². The lowest BCUT2D eigenvalue weighted by molar-refractivity contribution is -0.132. The van der Waals surface area contributed by atoms with E-state index in [2.05, 4.69) is 5.32 Å². The van der Waals surface area contributed by atoms with E-state index < -0.39 is 9.84 Å². The molecule has 6 nitrogen and oxygen atoms in total. The van der Waals surface area contributed by atoms with Crippen LogP contribution in [0.3, 0.4) is 0 Å². The van der Waals surface area contributed by atoms with Gasteiger partial charge in [-0.1, -0.05) is 0 Å². The standard InChI is InChI=1S/C17H26N2O4S/c1-18-14-9-11-19(12-10-14)17(20)4-3-13-23-15-5-7-16(8-6-15)24(2,21)22/h5-8,14,18H,3-4,9-13H2,1-2H3. The monoisotopic (exact) mass is 354 g/mol. The van der Waals surface area contributed by atoms with E-state index in [1.165, 1.54) is 18.4 Å². The smallest absolute Gasteiger partial charge is 0.222 e. The highest BCUT2D eigenvalue weighted by molar-refractivity contribution is 7.90. The molecule has 1 N–H and O–H groups in total. The lowest BCUT2D eigenvalue weighted by Gasteiger charge is -2.31. The van der Waals surface area contributed by atoms with Crippen LogP contribution in [0.15, 0.2) is 29.2 Å². The van der Waals surface area contributed by atoms with Crippen LogP contribution in [0.5, 0.6) is 5.75 Å². The highest BCUT2D eigenvalue weighted by atomic mass is 32.2. The van der Waals surface area contributed by atoms with E-state index in [9.17, 15) is 13.2 Å². The molecule has 1 aromatic carbocycles. The van der Waals surface area contributed by atoms with Crippen molar-refractivity contribution in [3.63, 3.8) is 0 Å². The van der Waals surface area contributed by atoms with Gasteiger partial charge in [-0.05, 0) is 50.6 Å². The first-order valence-electron chi connectivity index (χ1n) is 8.28. The predicted octanol–water partition coefficient (Wildman–Crippen LogP) is 1.46. The summed E-state index contributed by atoms with van der Waals surface area (Å²) in [6, 6.07) is 6.86. The third kappa shape index (κ3) is 5.49. The number of carbonyl (C=O) groups is 1. The van der Waals surface area contributed by atoms with Gasteiger partial charge >= 0.3 is 0 Å². The van der Waals surface area contributed by atoms with Gasteiger partial charge in [-0.15, -0.1) is 0 Å². The lowest BCUT2D eigenvalue weighted by atomic mass is 10.0. The fourth-order valence-corrected chi connectivity index (χ4v) is 3.40. The van der Waals surface area contributed by atoms with Gasteiger partial charge < -0.3 is 15.0 Å². The van der Waals surface area contributed by atoms with Crippen molar-refractivity contribution < 1.29 is 17.9 Å². The molecule has 1 heterocycles. The second kappa shape index (κ2) is 8.48. The van der Waals surface area contributed by atoms with Gasteiger partial charge in [-0.2, -0.15) is 0 Å². The second-order valence-electron chi connectivity index (χ2n) is 6.14. The summed E-state index contributed by atoms with van der Waals surface area (Å²) >= 11 is 0. The number of benzene rings is 1. The molecule has 24 heavy (non-hydrogen) atoms. The third-order valence-corrected chi connectivity index (χ3v) is 5.44. The Hall–Kier alpha value is -1.60. The number of rotatable bonds is 7. The van der Waals surface area contributed by atoms with Crippen LogP contribution in [0.1, 0.15) is 25.7 Å². The molecule has 0 radical (unpaired) electrons. The molecule has 0 aliphatic carbocycles. The van der Waals surface area contributed by atoms with E-state index in [-0.39, 0.29) is 10.8 Å². The first-order chi connectivity index (χ1) is 11.4. The molecule has 1 aliphatic heterocycles. The highest BCUT2D eigenvalue weighted by Crippen LogP contribution is 2.16. The van der Waals surface area contributed by atoms with Crippen molar-refractivity contribution in [3.8, 4) is 5.75 Å². The van der Waals surface area contributed by atoms with E-state index in [0.717, 1.165) is 25.9 Å². The highest BCUT2D eigenvalue weighted by Gasteiger charge is 2.21. The summed E-state index contributed by atoms with van der Waals surface area (Å²) in [5, 5.41) is 3.25. The largest absolute Gasteiger partial charge is 0.494 e. The third-order valence-electron chi connectivity index (χ3n) is 4.31. The van der Waals surface area contributed by atoms with E-state index >= 15 is 0 Å². The van der Waals surface area contributed by atoms with E-state index in [1.54, 1.807) is 12.1 Å². The molecule has 2 rings (SSSR count). The Morgan fingerprint density at radius 2 is 1.88 bits per heavy atom. The summed E-state index contributed by atoms with van der Waals surface area (Å²) in [6.07, 6.45) is 4.31. The molecule has 1 aromatic rings. The maximum absolute atomic E-state index is 12.1. The molecule has 0 saturated carbocycles. The van der Waals surface area contributed by atoms with Gasteiger partial charge in [-0.3, -0.25) is 4.79 Å². The van der Waals surface area contributed by atoms with Crippen LogP contribution in [0, 0.1) is 0 Å². The fourth-order valence-electron chi connectivity index (χ4n) is 2.77. The number of amides is 1. The minimum absolute atomic E-state index is 0.181. The van der Waals surface area contributed by atoms with Gasteiger partial charge in [0.05, 0.1) is 11.5 Å². The van der Waals surface area contributed by atoms with Gasteiger partial charge in [0.2, 0.25) is 5.91 Å². The summed E-state index contributed by atoms with van der Waals surface area (Å²) in [5.74, 6) is 0.797. The van der Waals surface area contributed by atoms with Gasteiger partial charge in [0.25, 0.3) is 0 Å². The molecule has 1 amide bonds. The predicted molar refractivity (Wildman–Crippen MR) is 92.9 cm³/mol. The van der Waals surface area contributed by atoms with Gasteiger partial charge in [-0.25, -0.2) is 8.42 Å². The number of nitrogens with one attached hydrogen (secondary N) is 1. The van der Waals surface area contributed by atoms with Crippen LogP contribution in [0.4, 0.5) is 0 Å². The van der Waals surface area contributed by atoms with E-state index in [4.69, 9.17) is 4.74 Å². The van der Waals surface area contributed by atoms with Crippen LogP contribution >= 0.6 is 0 Å². The average molecular weight is 354 g/mol. The molecule has 7 heteroatoms. The number of hydrogen-bond acceptors (Lipinski definition) is 5. The van der Waals surface area contributed by atoms with Crippen molar-refractivity contribution in [2.75, 3.05) is 33.0 Å². The van der Waals surface area contributed by atoms with Gasteiger partial charge in [0, 0.05) is 31.8 Å². The normalized spacial score (nSPS) is 16.2. The molecule has 0 bridgehead atoms. The minimum Gasteiger partial charge on any atom is -0.494 e. The summed E-state index contributed by atoms with van der Waals surface area (Å²) in [6.45, 7) is 2.08. The Morgan fingerprint density at radius 3 is 2.42 bits per heavy atom. The number of ether oxygens (including phenoxy) is 1. The lowest BCUT2D eigenvalue weighted by Crippen LogP contribution is -2.43. The van der Waals surface area contributed by atoms with Crippen LogP contribution in [0.25, 0.3) is 0 Å². The van der Waals surface area contributed by atoms with Gasteiger partial charge in [0.1, 0.15) is 5.75 Å². The molecule has 0 aromatic heterocycles. The number of hydrogen-bond donors (Lipinski definition) is 1. The SMILES string of the molecule is CNC1CCN(C(=O)CCCOc2ccc(S(C)(=O)=O)cc2)CC1. The number of piperidine rings is 1. The minimum atomic E-state index is -3.18. The van der Waals surface area contributed by atoms with Crippen molar-refractivity contribution in [3.05, 3.63) is 24.3 Å². The molecule has 1 saturated heterocycles. The zero-order valence-corrected chi connectivity index (χ0v) is 15.1. The first-order valence-corrected chi connectivity index (χ1v) is 10.2. The maximum atomic E-state index is 12.1. The summed E-state index contributed by atoms with van der Waals surface area (Å²) in [5.41, 5.74) is 0. The van der Waals surface area contributed by atoms with E-state index in [0.29, 0.717) is 31.2 Å². The quantitative estimate of drug-likeness (QED) is 0.750. The molecular formula is C17H26N2O4S. The average Bonchev–Trinajstić information content (AvgIpc) is 2.58. The number of sulfone groups is 1. The van der Waals surface area contributed by atoms with Gasteiger partial charge in [0.15, 0.2) is 9.84 Å². The molecule has 0 spiro atoms. The fraction of sp³-hybridized carbons (Fsp3) is 0.588. The number of likely N-dealkylation sites (tertiary alicyclic amines) is 1. The Bertz CT molecular complexity index is 635. The molecule has 134 valence electrons.